The lowest BCUT2D eigenvalue weighted by Crippen LogP contribution is -2.43. The molecule has 0 aromatic heterocycles. The molecule has 1 N–H and O–H groups in total. The first-order valence-corrected chi connectivity index (χ1v) is 6.77. The van der Waals surface area contributed by atoms with Gasteiger partial charge in [-0.3, -0.25) is 0 Å². The molecule has 1 saturated carbocycles. The summed E-state index contributed by atoms with van der Waals surface area (Å²) in [5, 5.41) is 3.77. The molecule has 2 atom stereocenters. The van der Waals surface area contributed by atoms with Crippen molar-refractivity contribution in [3.63, 3.8) is 0 Å². The van der Waals surface area contributed by atoms with Gasteiger partial charge in [0.1, 0.15) is 0 Å². The van der Waals surface area contributed by atoms with Crippen molar-refractivity contribution >= 4 is 0 Å². The SMILES string of the molecule is C[C@@H]1CCC[C@H](NCC(C)(C)CN(C)C)C1. The highest BCUT2D eigenvalue weighted by atomic mass is 15.1. The second-order valence-electron chi connectivity index (χ2n) is 6.75. The van der Waals surface area contributed by atoms with E-state index in [1.165, 1.54) is 25.7 Å². The third-order valence-electron chi connectivity index (χ3n) is 3.55. The lowest BCUT2D eigenvalue weighted by Gasteiger charge is -2.33. The zero-order chi connectivity index (χ0) is 12.2. The molecule has 1 aliphatic carbocycles. The van der Waals surface area contributed by atoms with Crippen LogP contribution in [0.4, 0.5) is 0 Å². The number of nitrogens with one attached hydrogen (secondary N) is 1. The summed E-state index contributed by atoms with van der Waals surface area (Å²) in [5.41, 5.74) is 0.379. The Morgan fingerprint density at radius 3 is 2.50 bits per heavy atom. The topological polar surface area (TPSA) is 15.3 Å². The van der Waals surface area contributed by atoms with Gasteiger partial charge in [-0.2, -0.15) is 0 Å². The van der Waals surface area contributed by atoms with Gasteiger partial charge in [0.25, 0.3) is 0 Å². The van der Waals surface area contributed by atoms with Crippen LogP contribution in [0.15, 0.2) is 0 Å². The molecule has 16 heavy (non-hydrogen) atoms. The predicted octanol–water partition coefficient (Wildman–Crippen LogP) is 2.74. The quantitative estimate of drug-likeness (QED) is 0.775. The van der Waals surface area contributed by atoms with Gasteiger partial charge >= 0.3 is 0 Å². The van der Waals surface area contributed by atoms with Crippen LogP contribution in [-0.4, -0.2) is 38.1 Å². The van der Waals surface area contributed by atoms with E-state index in [2.05, 4.69) is 45.1 Å². The number of nitrogens with zero attached hydrogens (tertiary/aromatic N) is 1. The van der Waals surface area contributed by atoms with Crippen molar-refractivity contribution < 1.29 is 0 Å². The average molecular weight is 226 g/mol. The van der Waals surface area contributed by atoms with Crippen LogP contribution in [0.3, 0.4) is 0 Å². The van der Waals surface area contributed by atoms with E-state index in [1.54, 1.807) is 0 Å². The van der Waals surface area contributed by atoms with Gasteiger partial charge < -0.3 is 10.2 Å². The molecule has 1 aliphatic rings. The Morgan fingerprint density at radius 2 is 1.94 bits per heavy atom. The molecule has 1 fully saturated rings. The predicted molar refractivity (Wildman–Crippen MR) is 71.8 cm³/mol. The van der Waals surface area contributed by atoms with Crippen LogP contribution >= 0.6 is 0 Å². The zero-order valence-electron chi connectivity index (χ0n) is 11.8. The summed E-state index contributed by atoms with van der Waals surface area (Å²) in [6.07, 6.45) is 5.59. The molecule has 0 saturated heterocycles. The van der Waals surface area contributed by atoms with Crippen molar-refractivity contribution in [2.45, 2.75) is 52.5 Å². The first-order valence-electron chi connectivity index (χ1n) is 6.77. The Morgan fingerprint density at radius 1 is 1.25 bits per heavy atom. The minimum absolute atomic E-state index is 0.379. The summed E-state index contributed by atoms with van der Waals surface area (Å²) in [6.45, 7) is 9.39. The molecular formula is C14H30N2. The minimum atomic E-state index is 0.379. The Hall–Kier alpha value is -0.0800. The highest BCUT2D eigenvalue weighted by Crippen LogP contribution is 2.24. The van der Waals surface area contributed by atoms with Crippen molar-refractivity contribution in [1.82, 2.24) is 10.2 Å². The molecule has 0 bridgehead atoms. The van der Waals surface area contributed by atoms with E-state index in [1.807, 2.05) is 0 Å². The standard InChI is InChI=1S/C14H30N2/c1-12-7-6-8-13(9-12)15-10-14(2,3)11-16(4)5/h12-13,15H,6-11H2,1-5H3/t12-,13+/m1/s1. The van der Waals surface area contributed by atoms with Crippen molar-refractivity contribution in [3.8, 4) is 0 Å². The molecule has 0 heterocycles. The van der Waals surface area contributed by atoms with Crippen molar-refractivity contribution in [2.75, 3.05) is 27.2 Å². The Kier molecular flexibility index (Phi) is 5.26. The fraction of sp³-hybridized carbons (Fsp3) is 1.00. The fourth-order valence-corrected chi connectivity index (χ4v) is 2.95. The van der Waals surface area contributed by atoms with E-state index in [9.17, 15) is 0 Å². The van der Waals surface area contributed by atoms with E-state index >= 15 is 0 Å². The average Bonchev–Trinajstić information content (AvgIpc) is 2.13. The van der Waals surface area contributed by atoms with Gasteiger partial charge in [-0.05, 0) is 38.3 Å². The lowest BCUT2D eigenvalue weighted by atomic mass is 9.86. The first-order chi connectivity index (χ1) is 7.39. The maximum Gasteiger partial charge on any atom is 0.00698 e. The minimum Gasteiger partial charge on any atom is -0.313 e. The van der Waals surface area contributed by atoms with Gasteiger partial charge in [-0.25, -0.2) is 0 Å². The van der Waals surface area contributed by atoms with Gasteiger partial charge in [0.2, 0.25) is 0 Å². The summed E-state index contributed by atoms with van der Waals surface area (Å²) in [6, 6.07) is 0.769. The summed E-state index contributed by atoms with van der Waals surface area (Å²) in [5.74, 6) is 0.920. The summed E-state index contributed by atoms with van der Waals surface area (Å²) in [7, 11) is 4.31. The molecule has 1 rings (SSSR count). The van der Waals surface area contributed by atoms with Gasteiger partial charge in [-0.1, -0.05) is 33.6 Å². The molecule has 2 heteroatoms. The Bertz CT molecular complexity index is 199. The molecular weight excluding hydrogens is 196 g/mol. The fourth-order valence-electron chi connectivity index (χ4n) is 2.95. The van der Waals surface area contributed by atoms with Crippen molar-refractivity contribution in [1.29, 1.82) is 0 Å². The van der Waals surface area contributed by atoms with Crippen LogP contribution in [0.25, 0.3) is 0 Å². The van der Waals surface area contributed by atoms with Crippen LogP contribution in [0.2, 0.25) is 0 Å². The lowest BCUT2D eigenvalue weighted by molar-refractivity contribution is 0.208. The second kappa shape index (κ2) is 6.02. The van der Waals surface area contributed by atoms with Crippen LogP contribution in [0, 0.1) is 11.3 Å². The Balaban J connectivity index is 2.27. The van der Waals surface area contributed by atoms with E-state index in [0.29, 0.717) is 5.41 Å². The monoisotopic (exact) mass is 226 g/mol. The number of rotatable bonds is 5. The van der Waals surface area contributed by atoms with E-state index in [-0.39, 0.29) is 0 Å². The smallest absolute Gasteiger partial charge is 0.00698 e. The van der Waals surface area contributed by atoms with Crippen LogP contribution in [0.5, 0.6) is 0 Å². The largest absolute Gasteiger partial charge is 0.313 e. The highest BCUT2D eigenvalue weighted by molar-refractivity contribution is 4.80. The molecule has 0 aromatic rings. The van der Waals surface area contributed by atoms with Crippen LogP contribution < -0.4 is 5.32 Å². The molecule has 0 radical (unpaired) electrons. The van der Waals surface area contributed by atoms with Gasteiger partial charge in [0.15, 0.2) is 0 Å². The molecule has 2 nitrogen and oxygen atoms in total. The molecule has 96 valence electrons. The van der Waals surface area contributed by atoms with E-state index in [4.69, 9.17) is 0 Å². The van der Waals surface area contributed by atoms with Gasteiger partial charge in [0, 0.05) is 19.1 Å². The van der Waals surface area contributed by atoms with Crippen LogP contribution in [0.1, 0.15) is 46.5 Å². The molecule has 0 amide bonds. The molecule has 0 spiro atoms. The van der Waals surface area contributed by atoms with Crippen LogP contribution in [-0.2, 0) is 0 Å². The highest BCUT2D eigenvalue weighted by Gasteiger charge is 2.23. The normalized spacial score (nSPS) is 27.4. The second-order valence-corrected chi connectivity index (χ2v) is 6.75. The summed E-state index contributed by atoms with van der Waals surface area (Å²) in [4.78, 5) is 2.28. The number of hydrogen-bond donors (Lipinski definition) is 1. The van der Waals surface area contributed by atoms with Gasteiger partial charge in [0.05, 0.1) is 0 Å². The maximum absolute atomic E-state index is 3.77. The van der Waals surface area contributed by atoms with E-state index < -0.39 is 0 Å². The first kappa shape index (κ1) is 14.0. The molecule has 0 aliphatic heterocycles. The Labute approximate surface area is 102 Å². The van der Waals surface area contributed by atoms with Crippen molar-refractivity contribution in [2.24, 2.45) is 11.3 Å². The molecule has 0 aromatic carbocycles. The molecule has 0 unspecified atom stereocenters. The number of hydrogen-bond acceptors (Lipinski definition) is 2. The third kappa shape index (κ3) is 5.31. The maximum atomic E-state index is 3.77. The van der Waals surface area contributed by atoms with Gasteiger partial charge in [-0.15, -0.1) is 0 Å². The summed E-state index contributed by atoms with van der Waals surface area (Å²) < 4.78 is 0. The summed E-state index contributed by atoms with van der Waals surface area (Å²) >= 11 is 0. The van der Waals surface area contributed by atoms with Crippen molar-refractivity contribution in [3.05, 3.63) is 0 Å². The van der Waals surface area contributed by atoms with E-state index in [0.717, 1.165) is 25.0 Å². The zero-order valence-corrected chi connectivity index (χ0v) is 11.8. The third-order valence-corrected chi connectivity index (χ3v) is 3.55.